The third-order valence-electron chi connectivity index (χ3n) is 3.98. The van der Waals surface area contributed by atoms with Crippen LogP contribution in [-0.2, 0) is 6.42 Å². The van der Waals surface area contributed by atoms with Crippen LogP contribution in [0.4, 0.5) is 4.39 Å². The Balaban J connectivity index is 1.78. The van der Waals surface area contributed by atoms with Crippen LogP contribution >= 0.6 is 0 Å². The van der Waals surface area contributed by atoms with Gasteiger partial charge >= 0.3 is 0 Å². The molecule has 0 saturated heterocycles. The maximum absolute atomic E-state index is 13.0. The van der Waals surface area contributed by atoms with E-state index in [1.807, 2.05) is 32.9 Å². The summed E-state index contributed by atoms with van der Waals surface area (Å²) in [5, 5.41) is 3.96. The summed E-state index contributed by atoms with van der Waals surface area (Å²) in [5.41, 5.74) is 2.52. The number of benzene rings is 1. The maximum atomic E-state index is 13.0. The van der Waals surface area contributed by atoms with Crippen molar-refractivity contribution in [2.75, 3.05) is 0 Å². The number of amides is 1. The van der Waals surface area contributed by atoms with Gasteiger partial charge in [0, 0.05) is 17.1 Å². The third kappa shape index (κ3) is 3.45. The Hall–Kier alpha value is -2.69. The number of aromatic nitrogens is 2. The van der Waals surface area contributed by atoms with Crippen molar-refractivity contribution in [1.82, 2.24) is 15.3 Å². The highest BCUT2D eigenvalue weighted by atomic mass is 19.1. The minimum absolute atomic E-state index is 0.157. The fourth-order valence-electron chi connectivity index (χ4n) is 2.84. The van der Waals surface area contributed by atoms with E-state index in [1.54, 1.807) is 18.3 Å². The molecule has 0 bridgehead atoms. The van der Waals surface area contributed by atoms with Crippen molar-refractivity contribution in [2.24, 2.45) is 0 Å². The molecule has 0 saturated carbocycles. The van der Waals surface area contributed by atoms with Gasteiger partial charge in [0.2, 0.25) is 0 Å². The quantitative estimate of drug-likeness (QED) is 0.767. The monoisotopic (exact) mass is 325 g/mol. The van der Waals surface area contributed by atoms with Crippen molar-refractivity contribution in [3.63, 3.8) is 0 Å². The molecule has 0 aliphatic carbocycles. The number of aryl methyl sites for hydroxylation is 1. The first-order chi connectivity index (χ1) is 11.3. The van der Waals surface area contributed by atoms with Crippen LogP contribution in [0.2, 0.25) is 0 Å². The highest BCUT2D eigenvalue weighted by molar-refractivity contribution is 5.98. The van der Waals surface area contributed by atoms with Crippen LogP contribution in [0.5, 0.6) is 0 Å². The van der Waals surface area contributed by atoms with Gasteiger partial charge in [-0.2, -0.15) is 0 Å². The number of carbonyl (C=O) groups is 1. The number of hydrogen-bond donors (Lipinski definition) is 2. The molecule has 124 valence electrons. The minimum Gasteiger partial charge on any atom is -0.347 e. The summed E-state index contributed by atoms with van der Waals surface area (Å²) in [6.45, 7) is 5.72. The number of rotatable bonds is 4. The molecular weight excluding hydrogens is 305 g/mol. The van der Waals surface area contributed by atoms with E-state index in [1.165, 1.54) is 12.1 Å². The largest absolute Gasteiger partial charge is 0.347 e. The van der Waals surface area contributed by atoms with Crippen molar-refractivity contribution in [3.8, 4) is 0 Å². The zero-order valence-corrected chi connectivity index (χ0v) is 14.0. The number of nitrogens with one attached hydrogen (secondary N) is 2. The first kappa shape index (κ1) is 16.2. The molecule has 0 atom stereocenters. The first-order valence-corrected chi connectivity index (χ1v) is 7.86. The normalized spacial score (nSPS) is 11.7. The Morgan fingerprint density at radius 2 is 1.96 bits per heavy atom. The average Bonchev–Trinajstić information content (AvgIpc) is 2.95. The summed E-state index contributed by atoms with van der Waals surface area (Å²) in [5.74, 6) is -0.419. The van der Waals surface area contributed by atoms with Gasteiger partial charge in [0.25, 0.3) is 5.91 Å². The van der Waals surface area contributed by atoms with Crippen molar-refractivity contribution < 1.29 is 9.18 Å². The third-order valence-corrected chi connectivity index (χ3v) is 3.98. The summed E-state index contributed by atoms with van der Waals surface area (Å²) in [4.78, 5) is 20.1. The molecule has 2 N–H and O–H groups in total. The number of aromatic amines is 1. The minimum atomic E-state index is -0.464. The molecule has 0 spiro atoms. The van der Waals surface area contributed by atoms with Crippen LogP contribution in [0.25, 0.3) is 11.0 Å². The number of hydrogen-bond acceptors (Lipinski definition) is 2. The maximum Gasteiger partial charge on any atom is 0.253 e. The number of fused-ring (bicyclic) bond motifs is 1. The second-order valence-electron chi connectivity index (χ2n) is 6.68. The summed E-state index contributed by atoms with van der Waals surface area (Å²) < 4.78 is 13.0. The van der Waals surface area contributed by atoms with E-state index in [2.05, 4.69) is 15.3 Å². The van der Waals surface area contributed by atoms with Gasteiger partial charge in [0.05, 0.1) is 11.3 Å². The molecule has 3 rings (SSSR count). The Bertz CT molecular complexity index is 881. The van der Waals surface area contributed by atoms with E-state index < -0.39 is 5.54 Å². The van der Waals surface area contributed by atoms with Crippen LogP contribution < -0.4 is 5.32 Å². The predicted octanol–water partition coefficient (Wildman–Crippen LogP) is 3.76. The van der Waals surface area contributed by atoms with E-state index in [0.717, 1.165) is 16.6 Å². The van der Waals surface area contributed by atoms with Gasteiger partial charge in [-0.25, -0.2) is 9.37 Å². The van der Waals surface area contributed by atoms with E-state index in [9.17, 15) is 9.18 Å². The average molecular weight is 325 g/mol. The zero-order valence-electron chi connectivity index (χ0n) is 14.0. The van der Waals surface area contributed by atoms with E-state index >= 15 is 0 Å². The smallest absolute Gasteiger partial charge is 0.253 e. The fraction of sp³-hybridized carbons (Fsp3) is 0.263. The van der Waals surface area contributed by atoms with Gasteiger partial charge in [0.1, 0.15) is 11.5 Å². The highest BCUT2D eigenvalue weighted by Crippen LogP contribution is 2.18. The molecule has 1 aromatic carbocycles. The lowest BCUT2D eigenvalue weighted by Crippen LogP contribution is -2.45. The molecule has 1 amide bonds. The van der Waals surface area contributed by atoms with Crippen molar-refractivity contribution in [1.29, 1.82) is 0 Å². The van der Waals surface area contributed by atoms with Crippen LogP contribution in [-0.4, -0.2) is 21.4 Å². The first-order valence-electron chi connectivity index (χ1n) is 7.86. The van der Waals surface area contributed by atoms with Gasteiger partial charge in [-0.15, -0.1) is 0 Å². The molecule has 3 aromatic rings. The number of nitrogens with zero attached hydrogens (tertiary/aromatic N) is 1. The lowest BCUT2D eigenvalue weighted by molar-refractivity contribution is 0.0912. The van der Waals surface area contributed by atoms with Gasteiger partial charge in [-0.1, -0.05) is 12.1 Å². The van der Waals surface area contributed by atoms with Crippen LogP contribution in [0.3, 0.4) is 0 Å². The zero-order chi connectivity index (χ0) is 17.3. The fourth-order valence-corrected chi connectivity index (χ4v) is 2.84. The molecule has 0 fully saturated rings. The van der Waals surface area contributed by atoms with Gasteiger partial charge in [-0.3, -0.25) is 4.79 Å². The molecule has 4 nitrogen and oxygen atoms in total. The van der Waals surface area contributed by atoms with Crippen LogP contribution in [0, 0.1) is 12.7 Å². The number of H-pyrrole nitrogens is 1. The Morgan fingerprint density at radius 3 is 2.67 bits per heavy atom. The molecule has 0 aliphatic heterocycles. The van der Waals surface area contributed by atoms with Crippen molar-refractivity contribution in [3.05, 3.63) is 65.2 Å². The summed E-state index contributed by atoms with van der Waals surface area (Å²) in [6.07, 6.45) is 2.41. The van der Waals surface area contributed by atoms with Crippen LogP contribution in [0.15, 0.2) is 42.6 Å². The molecular formula is C19H20FN3O. The van der Waals surface area contributed by atoms with Gasteiger partial charge in [0.15, 0.2) is 0 Å². The van der Waals surface area contributed by atoms with E-state index in [4.69, 9.17) is 0 Å². The Labute approximate surface area is 140 Å². The van der Waals surface area contributed by atoms with Gasteiger partial charge in [-0.05, 0) is 57.0 Å². The van der Waals surface area contributed by atoms with Crippen molar-refractivity contribution >= 4 is 16.9 Å². The van der Waals surface area contributed by atoms with E-state index in [-0.39, 0.29) is 11.7 Å². The second kappa shape index (κ2) is 6.07. The standard InChI is InChI=1S/C19H20FN3O/c1-12-16(10-14-8-9-21-17(14)22-12)18(24)23-19(2,3)11-13-4-6-15(20)7-5-13/h4-10H,11H2,1-3H3,(H,21,22)(H,23,24). The Kier molecular flexibility index (Phi) is 4.09. The van der Waals surface area contributed by atoms with Gasteiger partial charge < -0.3 is 10.3 Å². The summed E-state index contributed by atoms with van der Waals surface area (Å²) >= 11 is 0. The number of halogens is 1. The van der Waals surface area contributed by atoms with Crippen molar-refractivity contribution in [2.45, 2.75) is 32.7 Å². The molecule has 0 unspecified atom stereocenters. The SMILES string of the molecule is Cc1nc2[nH]ccc2cc1C(=O)NC(C)(C)Cc1ccc(F)cc1. The number of carbonyl (C=O) groups excluding carboxylic acids is 1. The highest BCUT2D eigenvalue weighted by Gasteiger charge is 2.23. The lowest BCUT2D eigenvalue weighted by Gasteiger charge is -2.27. The summed E-state index contributed by atoms with van der Waals surface area (Å²) in [6, 6.07) is 10.1. The Morgan fingerprint density at radius 1 is 1.25 bits per heavy atom. The van der Waals surface area contributed by atoms with E-state index in [0.29, 0.717) is 17.7 Å². The molecule has 24 heavy (non-hydrogen) atoms. The molecule has 2 aromatic heterocycles. The molecule has 2 heterocycles. The topological polar surface area (TPSA) is 57.8 Å². The predicted molar refractivity (Wildman–Crippen MR) is 92.5 cm³/mol. The second-order valence-corrected chi connectivity index (χ2v) is 6.68. The molecule has 5 heteroatoms. The molecule has 0 aliphatic rings. The number of pyridine rings is 1. The van der Waals surface area contributed by atoms with Crippen LogP contribution in [0.1, 0.15) is 35.5 Å². The summed E-state index contributed by atoms with van der Waals surface area (Å²) in [7, 11) is 0. The molecule has 0 radical (unpaired) electrons. The lowest BCUT2D eigenvalue weighted by atomic mass is 9.94.